The van der Waals surface area contributed by atoms with Gasteiger partial charge in [-0.2, -0.15) is 26.3 Å². The first-order valence-electron chi connectivity index (χ1n) is 13.4. The highest BCUT2D eigenvalue weighted by atomic mass is 19.4. The molecule has 5 nitrogen and oxygen atoms in total. The average Bonchev–Trinajstić information content (AvgIpc) is 3.09. The molecule has 5 rings (SSSR count). The van der Waals surface area contributed by atoms with E-state index in [4.69, 9.17) is 14.0 Å². The first-order valence-corrected chi connectivity index (χ1v) is 13.4. The number of ether oxygens (including phenoxy) is 1. The largest absolute Gasteiger partial charge is 0.494 e. The van der Waals surface area contributed by atoms with Gasteiger partial charge < -0.3 is 19.4 Å². The van der Waals surface area contributed by atoms with Crippen LogP contribution in [0.2, 0.25) is 0 Å². The van der Waals surface area contributed by atoms with Crippen molar-refractivity contribution in [2.75, 3.05) is 25.0 Å². The van der Waals surface area contributed by atoms with Gasteiger partial charge in [0, 0.05) is 6.54 Å². The second-order valence-electron chi connectivity index (χ2n) is 11.9. The van der Waals surface area contributed by atoms with E-state index in [0.717, 1.165) is 16.9 Å². The van der Waals surface area contributed by atoms with Gasteiger partial charge in [0.1, 0.15) is 12.4 Å². The summed E-state index contributed by atoms with van der Waals surface area (Å²) in [5.41, 5.74) is -1.71. The van der Waals surface area contributed by atoms with E-state index in [0.29, 0.717) is 50.7 Å². The number of nitrogens with zero attached hydrogens (tertiary/aromatic N) is 1. The van der Waals surface area contributed by atoms with Crippen LogP contribution in [0, 0.1) is 5.92 Å². The summed E-state index contributed by atoms with van der Waals surface area (Å²) in [5.74, 6) is 0.909. The molecule has 3 aliphatic rings. The van der Waals surface area contributed by atoms with Crippen molar-refractivity contribution in [3.05, 3.63) is 53.1 Å². The molecule has 1 unspecified atom stereocenters. The predicted molar refractivity (Wildman–Crippen MR) is 140 cm³/mol. The summed E-state index contributed by atoms with van der Waals surface area (Å²) in [4.78, 5) is 1.79. The van der Waals surface area contributed by atoms with Gasteiger partial charge in [-0.25, -0.2) is 0 Å². The van der Waals surface area contributed by atoms with Crippen LogP contribution in [0.25, 0.3) is 0 Å². The molecule has 40 heavy (non-hydrogen) atoms. The molecule has 0 aromatic heterocycles. The van der Waals surface area contributed by atoms with Gasteiger partial charge in [0.15, 0.2) is 0 Å². The molecule has 0 bridgehead atoms. The normalized spacial score (nSPS) is 23.4. The summed E-state index contributed by atoms with van der Waals surface area (Å²) in [5, 5.41) is 3.56. The molecular weight excluding hydrogens is 537 g/mol. The summed E-state index contributed by atoms with van der Waals surface area (Å²) in [6, 6.07) is 7.40. The number of likely N-dealkylation sites (tertiary alicyclic amines) is 1. The second kappa shape index (κ2) is 10.1. The van der Waals surface area contributed by atoms with Crippen molar-refractivity contribution in [3.8, 4) is 5.75 Å². The molecule has 0 amide bonds. The van der Waals surface area contributed by atoms with Gasteiger partial charge in [0.2, 0.25) is 0 Å². The summed E-state index contributed by atoms with van der Waals surface area (Å²) in [6.07, 6.45) is -8.09. The molecule has 2 saturated heterocycles. The van der Waals surface area contributed by atoms with Crippen LogP contribution in [-0.2, 0) is 28.2 Å². The highest BCUT2D eigenvalue weighted by Gasteiger charge is 2.52. The summed E-state index contributed by atoms with van der Waals surface area (Å²) in [6.45, 7) is 9.16. The van der Waals surface area contributed by atoms with Crippen LogP contribution in [0.5, 0.6) is 5.75 Å². The molecule has 3 aliphatic heterocycles. The van der Waals surface area contributed by atoms with E-state index < -0.39 is 41.8 Å². The lowest BCUT2D eigenvalue weighted by atomic mass is 9.78. The summed E-state index contributed by atoms with van der Waals surface area (Å²) >= 11 is 0. The first-order chi connectivity index (χ1) is 18.5. The third-order valence-corrected chi connectivity index (χ3v) is 8.62. The Morgan fingerprint density at radius 1 is 0.900 bits per heavy atom. The van der Waals surface area contributed by atoms with Gasteiger partial charge in [-0.15, -0.1) is 0 Å². The Labute approximate surface area is 230 Å². The van der Waals surface area contributed by atoms with E-state index in [1.165, 1.54) is 0 Å². The van der Waals surface area contributed by atoms with Gasteiger partial charge in [0.05, 0.1) is 34.1 Å². The van der Waals surface area contributed by atoms with E-state index in [2.05, 4.69) is 5.32 Å². The lowest BCUT2D eigenvalue weighted by molar-refractivity contribution is -0.142. The van der Waals surface area contributed by atoms with Crippen molar-refractivity contribution in [2.45, 2.75) is 76.7 Å². The van der Waals surface area contributed by atoms with Gasteiger partial charge in [-0.3, -0.25) is 4.90 Å². The third-order valence-electron chi connectivity index (χ3n) is 8.62. The molecule has 12 heteroatoms. The Balaban J connectivity index is 1.23. The zero-order valence-electron chi connectivity index (χ0n) is 22.9. The van der Waals surface area contributed by atoms with Crippen molar-refractivity contribution in [1.29, 1.82) is 0 Å². The zero-order chi connectivity index (χ0) is 29.1. The molecule has 3 heterocycles. The topological polar surface area (TPSA) is 43.0 Å². The van der Waals surface area contributed by atoms with Crippen LogP contribution >= 0.6 is 0 Å². The molecule has 2 aromatic rings. The Kier molecular flexibility index (Phi) is 7.36. The van der Waals surface area contributed by atoms with Crippen molar-refractivity contribution >= 4 is 18.3 Å². The number of nitrogens with one attached hydrogen (secondary N) is 1. The zero-order valence-corrected chi connectivity index (χ0v) is 22.9. The predicted octanol–water partition coefficient (Wildman–Crippen LogP) is 6.11. The van der Waals surface area contributed by atoms with E-state index in [1.807, 2.05) is 45.9 Å². The molecule has 1 atom stereocenters. The monoisotopic (exact) mass is 570 g/mol. The van der Waals surface area contributed by atoms with Crippen LogP contribution in [-0.4, -0.2) is 49.0 Å². The molecule has 0 radical (unpaired) electrons. The van der Waals surface area contributed by atoms with Crippen LogP contribution in [0.1, 0.15) is 57.2 Å². The number of fused-ring (bicyclic) bond motifs is 1. The minimum atomic E-state index is -4.73. The van der Waals surface area contributed by atoms with Gasteiger partial charge in [-0.05, 0) is 101 Å². The van der Waals surface area contributed by atoms with Crippen LogP contribution in [0.15, 0.2) is 36.4 Å². The van der Waals surface area contributed by atoms with Crippen molar-refractivity contribution in [2.24, 2.45) is 5.92 Å². The highest BCUT2D eigenvalue weighted by Crippen LogP contribution is 2.39. The van der Waals surface area contributed by atoms with Gasteiger partial charge >= 0.3 is 19.5 Å². The fourth-order valence-corrected chi connectivity index (χ4v) is 5.52. The Hall–Kier alpha value is -2.44. The SMILES string of the molecule is CC1(C)OB(c2ccc3c(c2)NC(C2CCN(Cc4cc(C(F)(F)F)ccc4C(F)(F)F)CC2)CO3)OC1(C)C. The van der Waals surface area contributed by atoms with Gasteiger partial charge in [0.25, 0.3) is 0 Å². The number of hydrogen-bond acceptors (Lipinski definition) is 5. The Bertz CT molecular complexity index is 1230. The number of piperidine rings is 1. The lowest BCUT2D eigenvalue weighted by Gasteiger charge is -2.39. The standard InChI is InChI=1S/C28H33BF6N2O3/c1-25(2)26(3,4)40-29(39-25)20-6-8-24-22(14-20)36-23(16-38-24)17-9-11-37(12-10-17)15-18-13-19(27(30,31)32)5-7-21(18)28(33,34)35/h5-8,13-14,17,23,36H,9-12,15-16H2,1-4H3. The summed E-state index contributed by atoms with van der Waals surface area (Å²) in [7, 11) is -0.516. The number of rotatable bonds is 4. The highest BCUT2D eigenvalue weighted by molar-refractivity contribution is 6.62. The fraction of sp³-hybridized carbons (Fsp3) is 0.571. The fourth-order valence-electron chi connectivity index (χ4n) is 5.52. The first kappa shape index (κ1) is 29.1. The number of halogens is 6. The number of hydrogen-bond donors (Lipinski definition) is 1. The van der Waals surface area contributed by atoms with Crippen molar-refractivity contribution in [3.63, 3.8) is 0 Å². The minimum Gasteiger partial charge on any atom is -0.489 e. The van der Waals surface area contributed by atoms with Crippen LogP contribution in [0.3, 0.4) is 0 Å². The quantitative estimate of drug-likeness (QED) is 0.355. The third kappa shape index (κ3) is 5.80. The van der Waals surface area contributed by atoms with E-state index in [9.17, 15) is 26.3 Å². The molecule has 1 N–H and O–H groups in total. The maximum absolute atomic E-state index is 13.5. The summed E-state index contributed by atoms with van der Waals surface area (Å²) < 4.78 is 98.5. The number of alkyl halides is 6. The number of anilines is 1. The average molecular weight is 570 g/mol. The molecule has 218 valence electrons. The number of benzene rings is 2. The van der Waals surface area contributed by atoms with E-state index in [-0.39, 0.29) is 24.1 Å². The Morgan fingerprint density at radius 2 is 1.55 bits per heavy atom. The molecule has 0 aliphatic carbocycles. The van der Waals surface area contributed by atoms with E-state index in [1.54, 1.807) is 4.90 Å². The molecule has 0 spiro atoms. The van der Waals surface area contributed by atoms with Crippen LogP contribution < -0.4 is 15.5 Å². The maximum atomic E-state index is 13.5. The van der Waals surface area contributed by atoms with Crippen molar-refractivity contribution in [1.82, 2.24) is 4.90 Å². The van der Waals surface area contributed by atoms with Gasteiger partial charge in [-0.1, -0.05) is 6.07 Å². The smallest absolute Gasteiger partial charge is 0.489 e. The minimum absolute atomic E-state index is 0.0116. The van der Waals surface area contributed by atoms with E-state index >= 15 is 0 Å². The maximum Gasteiger partial charge on any atom is 0.494 e. The lowest BCUT2D eigenvalue weighted by Crippen LogP contribution is -2.44. The second-order valence-corrected chi connectivity index (χ2v) is 11.9. The van der Waals surface area contributed by atoms with Crippen LogP contribution in [0.4, 0.5) is 32.0 Å². The molecule has 2 aromatic carbocycles. The van der Waals surface area contributed by atoms with Crippen molar-refractivity contribution < 1.29 is 40.4 Å². The molecular formula is C28H33BF6N2O3. The molecule has 2 fully saturated rings. The Morgan fingerprint density at radius 3 is 2.15 bits per heavy atom. The molecule has 0 saturated carbocycles.